The fourth-order valence-electron chi connectivity index (χ4n) is 4.02. The summed E-state index contributed by atoms with van der Waals surface area (Å²) in [5, 5.41) is 3.09. The first kappa shape index (κ1) is 23.3. The molecule has 0 radical (unpaired) electrons. The molecule has 1 atom stereocenters. The first-order valence-electron chi connectivity index (χ1n) is 10.9. The maximum absolute atomic E-state index is 12.8. The molecule has 1 aliphatic carbocycles. The quantitative estimate of drug-likeness (QED) is 0.642. The smallest absolute Gasteiger partial charge is 0.240 e. The molecule has 7 heteroatoms. The van der Waals surface area contributed by atoms with Crippen molar-refractivity contribution >= 4 is 15.9 Å². The first-order valence-corrected chi connectivity index (χ1v) is 12.4. The number of hydrogen-bond acceptors (Lipinski definition) is 4. The van der Waals surface area contributed by atoms with E-state index in [4.69, 9.17) is 4.74 Å². The zero-order chi connectivity index (χ0) is 22.4. The van der Waals surface area contributed by atoms with Crippen molar-refractivity contribution in [3.63, 3.8) is 0 Å². The van der Waals surface area contributed by atoms with Gasteiger partial charge >= 0.3 is 0 Å². The number of carbonyl (C=O) groups is 1. The lowest BCUT2D eigenvalue weighted by atomic mass is 9.85. The molecule has 1 amide bonds. The minimum Gasteiger partial charge on any atom is -0.494 e. The van der Waals surface area contributed by atoms with E-state index in [0.717, 1.165) is 11.1 Å². The number of hydrogen-bond donors (Lipinski definition) is 2. The molecule has 6 nitrogen and oxygen atoms in total. The van der Waals surface area contributed by atoms with Crippen molar-refractivity contribution in [3.8, 4) is 5.75 Å². The summed E-state index contributed by atoms with van der Waals surface area (Å²) in [6, 6.07) is 14.6. The van der Waals surface area contributed by atoms with Crippen molar-refractivity contribution < 1.29 is 17.9 Å². The zero-order valence-corrected chi connectivity index (χ0v) is 19.2. The van der Waals surface area contributed by atoms with Crippen LogP contribution in [-0.2, 0) is 14.8 Å². The monoisotopic (exact) mass is 444 g/mol. The van der Waals surface area contributed by atoms with Crippen LogP contribution in [0.4, 0.5) is 0 Å². The SMILES string of the molecule is CCOc1ccc(S(=O)(=O)NC2CCC(C(=O)N[C@H](C)c3ccccc3)CC2)cc1C. The van der Waals surface area contributed by atoms with Crippen molar-refractivity contribution in [2.75, 3.05) is 6.61 Å². The lowest BCUT2D eigenvalue weighted by Gasteiger charge is -2.29. The maximum Gasteiger partial charge on any atom is 0.240 e. The maximum atomic E-state index is 12.8. The Morgan fingerprint density at radius 3 is 2.39 bits per heavy atom. The fourth-order valence-corrected chi connectivity index (χ4v) is 5.41. The van der Waals surface area contributed by atoms with Gasteiger partial charge in [0.1, 0.15) is 5.75 Å². The van der Waals surface area contributed by atoms with Crippen LogP contribution in [0.1, 0.15) is 56.7 Å². The standard InChI is InChI=1S/C24H32N2O4S/c1-4-30-23-15-14-22(16-17(23)2)31(28,29)26-21-12-10-20(11-13-21)24(27)25-18(3)19-8-6-5-7-9-19/h5-9,14-16,18,20-21,26H,4,10-13H2,1-3H3,(H,25,27)/t18-,20?,21?/m1/s1. The summed E-state index contributed by atoms with van der Waals surface area (Å²) in [6.45, 7) is 6.24. The minimum atomic E-state index is -3.61. The third kappa shape index (κ3) is 6.08. The van der Waals surface area contributed by atoms with Crippen molar-refractivity contribution in [3.05, 3.63) is 59.7 Å². The average Bonchev–Trinajstić information content (AvgIpc) is 2.76. The highest BCUT2D eigenvalue weighted by Crippen LogP contribution is 2.27. The molecule has 0 unspecified atom stereocenters. The van der Waals surface area contributed by atoms with Gasteiger partial charge in [0, 0.05) is 12.0 Å². The normalized spacial score (nSPS) is 20.1. The largest absolute Gasteiger partial charge is 0.494 e. The van der Waals surface area contributed by atoms with Gasteiger partial charge in [-0.25, -0.2) is 13.1 Å². The van der Waals surface area contributed by atoms with Crippen LogP contribution in [0.5, 0.6) is 5.75 Å². The molecule has 0 heterocycles. The first-order chi connectivity index (χ1) is 14.8. The van der Waals surface area contributed by atoms with E-state index in [0.29, 0.717) is 38.0 Å². The van der Waals surface area contributed by atoms with Crippen LogP contribution >= 0.6 is 0 Å². The molecule has 168 valence electrons. The Kier molecular flexibility index (Phi) is 7.73. The lowest BCUT2D eigenvalue weighted by Crippen LogP contribution is -2.41. The minimum absolute atomic E-state index is 0.0415. The van der Waals surface area contributed by atoms with Crippen molar-refractivity contribution in [2.45, 2.75) is 63.4 Å². The Morgan fingerprint density at radius 1 is 1.10 bits per heavy atom. The Balaban J connectivity index is 1.53. The van der Waals surface area contributed by atoms with E-state index in [1.165, 1.54) is 0 Å². The number of nitrogens with one attached hydrogen (secondary N) is 2. The van der Waals surface area contributed by atoms with Crippen molar-refractivity contribution in [2.24, 2.45) is 5.92 Å². The van der Waals surface area contributed by atoms with Gasteiger partial charge in [-0.1, -0.05) is 30.3 Å². The van der Waals surface area contributed by atoms with Crippen LogP contribution in [0.15, 0.2) is 53.4 Å². The molecule has 0 bridgehead atoms. The Hall–Kier alpha value is -2.38. The Bertz CT molecular complexity index is 984. The van der Waals surface area contributed by atoms with E-state index in [1.54, 1.807) is 18.2 Å². The molecule has 0 saturated heterocycles. The zero-order valence-electron chi connectivity index (χ0n) is 18.4. The number of sulfonamides is 1. The summed E-state index contributed by atoms with van der Waals surface area (Å²) in [7, 11) is -3.61. The molecule has 0 aromatic heterocycles. The number of carbonyl (C=O) groups excluding carboxylic acids is 1. The average molecular weight is 445 g/mol. The molecule has 31 heavy (non-hydrogen) atoms. The molecule has 2 aromatic rings. The summed E-state index contributed by atoms with van der Waals surface area (Å²) in [5.74, 6) is 0.650. The number of rotatable bonds is 8. The predicted molar refractivity (Wildman–Crippen MR) is 121 cm³/mol. The number of amides is 1. The van der Waals surface area contributed by atoms with Gasteiger partial charge in [-0.3, -0.25) is 4.79 Å². The van der Waals surface area contributed by atoms with Crippen LogP contribution in [0.25, 0.3) is 0 Å². The number of ether oxygens (including phenoxy) is 1. The van der Waals surface area contributed by atoms with E-state index in [9.17, 15) is 13.2 Å². The summed E-state index contributed by atoms with van der Waals surface area (Å²) in [6.07, 6.45) is 2.63. The number of aryl methyl sites for hydroxylation is 1. The van der Waals surface area contributed by atoms with Crippen molar-refractivity contribution in [1.29, 1.82) is 0 Å². The van der Waals surface area contributed by atoms with Gasteiger partial charge in [0.25, 0.3) is 0 Å². The van der Waals surface area contributed by atoms with Gasteiger partial charge in [-0.05, 0) is 75.8 Å². The Labute approximate surface area is 185 Å². The molecular weight excluding hydrogens is 412 g/mol. The van der Waals surface area contributed by atoms with Gasteiger partial charge in [-0.2, -0.15) is 0 Å². The van der Waals surface area contributed by atoms with E-state index in [1.807, 2.05) is 51.1 Å². The van der Waals surface area contributed by atoms with E-state index < -0.39 is 10.0 Å². The summed E-state index contributed by atoms with van der Waals surface area (Å²) in [4.78, 5) is 12.9. The third-order valence-corrected chi connectivity index (χ3v) is 7.35. The molecular formula is C24H32N2O4S. The second-order valence-corrected chi connectivity index (χ2v) is 9.89. The second kappa shape index (κ2) is 10.3. The van der Waals surface area contributed by atoms with E-state index in [2.05, 4.69) is 10.0 Å². The molecule has 3 rings (SSSR count). The highest BCUT2D eigenvalue weighted by atomic mass is 32.2. The molecule has 2 N–H and O–H groups in total. The van der Waals surface area contributed by atoms with Crippen LogP contribution in [0, 0.1) is 12.8 Å². The molecule has 0 spiro atoms. The van der Waals surface area contributed by atoms with E-state index in [-0.39, 0.29) is 28.8 Å². The van der Waals surface area contributed by atoms with Gasteiger partial charge in [-0.15, -0.1) is 0 Å². The van der Waals surface area contributed by atoms with Gasteiger partial charge in [0.05, 0.1) is 17.5 Å². The van der Waals surface area contributed by atoms with Gasteiger partial charge < -0.3 is 10.1 Å². The molecule has 1 fully saturated rings. The van der Waals surface area contributed by atoms with Gasteiger partial charge in [0.2, 0.25) is 15.9 Å². The van der Waals surface area contributed by atoms with Crippen LogP contribution in [0.2, 0.25) is 0 Å². The Morgan fingerprint density at radius 2 is 1.77 bits per heavy atom. The highest BCUT2D eigenvalue weighted by Gasteiger charge is 2.30. The number of benzene rings is 2. The van der Waals surface area contributed by atoms with Gasteiger partial charge in [0.15, 0.2) is 0 Å². The van der Waals surface area contributed by atoms with Crippen LogP contribution in [0.3, 0.4) is 0 Å². The topological polar surface area (TPSA) is 84.5 Å². The van der Waals surface area contributed by atoms with Crippen molar-refractivity contribution in [1.82, 2.24) is 10.0 Å². The fraction of sp³-hybridized carbons (Fsp3) is 0.458. The molecule has 2 aromatic carbocycles. The predicted octanol–water partition coefficient (Wildman–Crippen LogP) is 4.11. The molecule has 1 saturated carbocycles. The summed E-state index contributed by atoms with van der Waals surface area (Å²) in [5.41, 5.74) is 1.86. The lowest BCUT2D eigenvalue weighted by molar-refractivity contribution is -0.126. The third-order valence-electron chi connectivity index (χ3n) is 5.83. The summed E-state index contributed by atoms with van der Waals surface area (Å²) >= 11 is 0. The second-order valence-electron chi connectivity index (χ2n) is 8.17. The van der Waals surface area contributed by atoms with Crippen LogP contribution in [-0.4, -0.2) is 27.0 Å². The molecule has 1 aliphatic rings. The highest BCUT2D eigenvalue weighted by molar-refractivity contribution is 7.89. The van der Waals surface area contributed by atoms with E-state index >= 15 is 0 Å². The molecule has 0 aliphatic heterocycles. The van der Waals surface area contributed by atoms with Crippen LogP contribution < -0.4 is 14.8 Å². The summed E-state index contributed by atoms with van der Waals surface area (Å²) < 4.78 is 33.9.